The standard InChI is InChI=1S/C52H78N2O10/c1-35(41-14-13-36(2)49(61)54-50(19-8-24-55,22-26-63-5)29-39-11-7-10-38(27-39)28-41)9-6-12-43(33-64-34-44(59)32-58)45-17-20-52(48(45)60)47-40(18-25-56)15-16-42(46(47)37(3)31-57)30-51(52,62)21-23-53-4/h6-7,9-13,15-16,27,31,40-42,44-45,47-49,53-56,58-62H,1,8,14,17-26,28-30,32-34H2,2-5H3/b9-6+,36-13+,43-12-,46-37?/t40-,41-,42-,44+,45-,47-,48+,49+,50-,51+,52+/m0/s1. The number of allylic oxidation sites excluding steroid dienone is 9. The van der Waals surface area contributed by atoms with Crippen LogP contribution < -0.4 is 10.6 Å². The molecule has 2 fully saturated rings. The van der Waals surface area contributed by atoms with Crippen molar-refractivity contribution in [1.82, 2.24) is 10.6 Å². The molecule has 356 valence electrons. The first-order valence-electron chi connectivity index (χ1n) is 23.5. The predicted molar refractivity (Wildman–Crippen MR) is 250 cm³/mol. The lowest BCUT2D eigenvalue weighted by molar-refractivity contribution is -0.194. The highest BCUT2D eigenvalue weighted by molar-refractivity contribution is 5.74. The molecule has 12 heteroatoms. The number of carbonyl (C=O) groups is 1. The second-order valence-corrected chi connectivity index (χ2v) is 19.1. The lowest BCUT2D eigenvalue weighted by atomic mass is 9.45. The Hall–Kier alpha value is -3.11. The van der Waals surface area contributed by atoms with Gasteiger partial charge in [-0.05, 0) is 144 Å². The minimum absolute atomic E-state index is 0.0136. The number of aliphatic hydroxyl groups excluding tert-OH is 6. The van der Waals surface area contributed by atoms with Gasteiger partial charge in [-0.1, -0.05) is 78.4 Å². The average Bonchev–Trinajstić information content (AvgIpc) is 3.63. The molecule has 1 aromatic carbocycles. The van der Waals surface area contributed by atoms with E-state index in [9.17, 15) is 40.5 Å². The zero-order valence-electron chi connectivity index (χ0n) is 38.8. The molecule has 1 aliphatic heterocycles. The van der Waals surface area contributed by atoms with E-state index in [0.29, 0.717) is 89.4 Å². The molecule has 12 nitrogen and oxygen atoms in total. The van der Waals surface area contributed by atoms with E-state index in [1.165, 1.54) is 0 Å². The van der Waals surface area contributed by atoms with Crippen molar-refractivity contribution < 1.29 is 50.0 Å². The van der Waals surface area contributed by atoms with Gasteiger partial charge in [0.1, 0.15) is 18.6 Å². The average molecular weight is 891 g/mol. The van der Waals surface area contributed by atoms with Gasteiger partial charge in [-0.2, -0.15) is 0 Å². The molecule has 9 N–H and O–H groups in total. The number of aliphatic hydroxyl groups is 7. The van der Waals surface area contributed by atoms with Crippen molar-refractivity contribution >= 4 is 6.29 Å². The van der Waals surface area contributed by atoms with Crippen LogP contribution in [-0.2, 0) is 27.1 Å². The van der Waals surface area contributed by atoms with Crippen LogP contribution in [0.5, 0.6) is 0 Å². The number of carbonyl (C=O) groups excluding carboxylic acids is 1. The SMILES string of the molecule is C=C(/C=C/C=C(/COC[C@H](O)CO)[C@@H]1CC[C@]2([C@@H]1O)[C@@H]1C(=C(C)C=O)[C@@H](C=C[C@H]1CCO)C[C@]2(O)CCNC)[C@H]1C/C=C(\C)[C@@H](O)N[C@@](CCCO)(CCOC)Cc2cccc(c2)C1. The maximum absolute atomic E-state index is 13.0. The molecule has 5 rings (SSSR count). The molecule has 1 heterocycles. The molecular formula is C52H78N2O10. The van der Waals surface area contributed by atoms with Gasteiger partial charge in [0.05, 0.1) is 31.5 Å². The Morgan fingerprint density at radius 3 is 2.59 bits per heavy atom. The highest BCUT2D eigenvalue weighted by Crippen LogP contribution is 2.67. The number of aldehydes is 1. The molecule has 11 atom stereocenters. The maximum atomic E-state index is 13.0. The quantitative estimate of drug-likeness (QED) is 0.0365. The van der Waals surface area contributed by atoms with Gasteiger partial charge in [0.2, 0.25) is 0 Å². The van der Waals surface area contributed by atoms with E-state index >= 15 is 0 Å². The van der Waals surface area contributed by atoms with Crippen LogP contribution in [0.15, 0.2) is 95.2 Å². The second-order valence-electron chi connectivity index (χ2n) is 19.1. The van der Waals surface area contributed by atoms with Crippen molar-refractivity contribution in [2.45, 2.75) is 114 Å². The smallest absolute Gasteiger partial charge is 0.145 e. The van der Waals surface area contributed by atoms with Crippen LogP contribution in [0.3, 0.4) is 0 Å². The first-order valence-corrected chi connectivity index (χ1v) is 23.5. The Morgan fingerprint density at radius 2 is 1.89 bits per heavy atom. The molecule has 2 saturated carbocycles. The molecule has 64 heavy (non-hydrogen) atoms. The Labute approximate surface area is 381 Å². The molecule has 0 radical (unpaired) electrons. The maximum Gasteiger partial charge on any atom is 0.145 e. The third-order valence-corrected chi connectivity index (χ3v) is 15.0. The van der Waals surface area contributed by atoms with Gasteiger partial charge in [0, 0.05) is 49.7 Å². The van der Waals surface area contributed by atoms with Gasteiger partial charge < -0.3 is 50.5 Å². The molecule has 4 bridgehead atoms. The van der Waals surface area contributed by atoms with Crippen molar-refractivity contribution in [3.63, 3.8) is 0 Å². The fraction of sp³-hybridized carbons (Fsp3) is 0.635. The number of nitrogens with one attached hydrogen (secondary N) is 2. The fourth-order valence-corrected chi connectivity index (χ4v) is 11.7. The summed E-state index contributed by atoms with van der Waals surface area (Å²) in [5.74, 6) is -1.20. The van der Waals surface area contributed by atoms with E-state index in [-0.39, 0.29) is 50.1 Å². The molecule has 1 aromatic rings. The molecule has 3 aliphatic carbocycles. The summed E-state index contributed by atoms with van der Waals surface area (Å²) in [5.41, 5.74) is 3.46. The summed E-state index contributed by atoms with van der Waals surface area (Å²) in [6.45, 7) is 8.81. The molecule has 0 aromatic heterocycles. The molecule has 1 spiro atoms. The number of methoxy groups -OCH3 is 1. The third-order valence-electron chi connectivity index (χ3n) is 15.0. The van der Waals surface area contributed by atoms with Crippen LogP contribution in [0.2, 0.25) is 0 Å². The lowest BCUT2D eigenvalue weighted by Crippen LogP contribution is -2.65. The highest BCUT2D eigenvalue weighted by Gasteiger charge is 2.68. The highest BCUT2D eigenvalue weighted by atomic mass is 16.5. The van der Waals surface area contributed by atoms with Crippen LogP contribution >= 0.6 is 0 Å². The van der Waals surface area contributed by atoms with E-state index in [0.717, 1.165) is 39.7 Å². The molecule has 0 unspecified atom stereocenters. The summed E-state index contributed by atoms with van der Waals surface area (Å²) in [7, 11) is 3.52. The summed E-state index contributed by atoms with van der Waals surface area (Å²) in [5, 5.41) is 83.9. The second kappa shape index (κ2) is 24.1. The minimum Gasteiger partial charge on any atom is -0.396 e. The summed E-state index contributed by atoms with van der Waals surface area (Å²) >= 11 is 0. The van der Waals surface area contributed by atoms with Crippen LogP contribution in [0.25, 0.3) is 0 Å². The van der Waals surface area contributed by atoms with Gasteiger partial charge in [0.15, 0.2) is 0 Å². The number of benzene rings is 1. The zero-order valence-corrected chi connectivity index (χ0v) is 38.8. The molecule has 0 amide bonds. The van der Waals surface area contributed by atoms with Crippen molar-refractivity contribution in [3.8, 4) is 0 Å². The Morgan fingerprint density at radius 1 is 1.11 bits per heavy atom. The van der Waals surface area contributed by atoms with Gasteiger partial charge in [-0.15, -0.1) is 0 Å². The number of rotatable bonds is 21. The van der Waals surface area contributed by atoms with Gasteiger partial charge in [-0.3, -0.25) is 10.1 Å². The van der Waals surface area contributed by atoms with E-state index in [4.69, 9.17) is 9.47 Å². The van der Waals surface area contributed by atoms with E-state index < -0.39 is 47.5 Å². The zero-order chi connectivity index (χ0) is 46.5. The summed E-state index contributed by atoms with van der Waals surface area (Å²) in [6, 6.07) is 8.53. The normalized spacial score (nSPS) is 34.3. The molecule has 4 aliphatic rings. The fourth-order valence-electron chi connectivity index (χ4n) is 11.7. The minimum atomic E-state index is -1.29. The Bertz CT molecular complexity index is 1850. The van der Waals surface area contributed by atoms with Gasteiger partial charge in [0.25, 0.3) is 0 Å². The Kier molecular flexibility index (Phi) is 19.5. The number of hydrogen-bond acceptors (Lipinski definition) is 12. The third kappa shape index (κ3) is 11.9. The van der Waals surface area contributed by atoms with Crippen LogP contribution in [0.1, 0.15) is 82.8 Å². The van der Waals surface area contributed by atoms with Crippen molar-refractivity contribution in [1.29, 1.82) is 0 Å². The summed E-state index contributed by atoms with van der Waals surface area (Å²) in [6.07, 6.45) is 16.1. The van der Waals surface area contributed by atoms with E-state index in [1.807, 2.05) is 39.1 Å². The van der Waals surface area contributed by atoms with Gasteiger partial charge in [-0.25, -0.2) is 0 Å². The number of hydrogen-bond donors (Lipinski definition) is 9. The van der Waals surface area contributed by atoms with Crippen LogP contribution in [0, 0.1) is 35.0 Å². The molecular weight excluding hydrogens is 813 g/mol. The largest absolute Gasteiger partial charge is 0.396 e. The molecule has 0 saturated heterocycles. The number of fused-ring (bicyclic) bond motifs is 5. The van der Waals surface area contributed by atoms with E-state index in [1.54, 1.807) is 7.11 Å². The Balaban J connectivity index is 1.50. The number of ether oxygens (including phenoxy) is 2. The summed E-state index contributed by atoms with van der Waals surface area (Å²) < 4.78 is 11.5. The van der Waals surface area contributed by atoms with Crippen LogP contribution in [-0.4, -0.2) is 132 Å². The van der Waals surface area contributed by atoms with Crippen molar-refractivity contribution in [3.05, 3.63) is 106 Å². The first kappa shape index (κ1) is 51.9. The first-order chi connectivity index (χ1) is 30.7. The van der Waals surface area contributed by atoms with E-state index in [2.05, 4.69) is 59.7 Å². The monoisotopic (exact) mass is 891 g/mol. The topological polar surface area (TPSA) is 201 Å². The van der Waals surface area contributed by atoms with Crippen molar-refractivity contribution in [2.24, 2.45) is 35.0 Å². The van der Waals surface area contributed by atoms with Crippen molar-refractivity contribution in [2.75, 3.05) is 60.3 Å². The predicted octanol–water partition coefficient (Wildman–Crippen LogP) is 4.42. The van der Waals surface area contributed by atoms with Gasteiger partial charge >= 0.3 is 0 Å². The van der Waals surface area contributed by atoms with Crippen LogP contribution in [0.4, 0.5) is 0 Å². The summed E-state index contributed by atoms with van der Waals surface area (Å²) in [4.78, 5) is 12.5. The lowest BCUT2D eigenvalue weighted by Gasteiger charge is -2.61.